The highest BCUT2D eigenvalue weighted by Crippen LogP contribution is 2.67. The Morgan fingerprint density at radius 1 is 0.308 bits per heavy atom. The Labute approximate surface area is 243 Å². The minimum absolute atomic E-state index is 0.614. The lowest BCUT2D eigenvalue weighted by molar-refractivity contribution is -0.0544. The van der Waals surface area contributed by atoms with E-state index in [1.54, 1.807) is 141 Å². The standard InChI is InChI=1S/C39H64/c1-39(2)37-23-28(27-16-15-25-9-3-4-10-26(25)21-27)17-19-34(37)35-20-18-30(24-38(35)39)36-22-29-11-5-6-12-31(29)32-13-7-8-14-33(32)36/h25-38H,3-24H2,1-2H3. The topological polar surface area (TPSA) is 0 Å². The van der Waals surface area contributed by atoms with Crippen molar-refractivity contribution in [1.29, 1.82) is 0 Å². The van der Waals surface area contributed by atoms with E-state index in [4.69, 9.17) is 0 Å². The van der Waals surface area contributed by atoms with Gasteiger partial charge >= 0.3 is 0 Å². The summed E-state index contributed by atoms with van der Waals surface area (Å²) in [7, 11) is 0. The molecule has 0 aliphatic heterocycles. The van der Waals surface area contributed by atoms with Gasteiger partial charge in [0.1, 0.15) is 0 Å². The molecule has 0 aromatic rings. The second-order valence-electron chi connectivity index (χ2n) is 18.1. The van der Waals surface area contributed by atoms with E-state index < -0.39 is 0 Å². The van der Waals surface area contributed by atoms with Crippen LogP contribution in [-0.2, 0) is 0 Å². The summed E-state index contributed by atoms with van der Waals surface area (Å²) in [5, 5.41) is 0. The second-order valence-corrected chi connectivity index (χ2v) is 18.1. The maximum atomic E-state index is 2.81. The van der Waals surface area contributed by atoms with Gasteiger partial charge in [0.2, 0.25) is 0 Å². The molecule has 14 atom stereocenters. The van der Waals surface area contributed by atoms with E-state index in [9.17, 15) is 0 Å². The summed E-state index contributed by atoms with van der Waals surface area (Å²) in [5.41, 5.74) is 0.614. The van der Waals surface area contributed by atoms with Crippen molar-refractivity contribution in [1.82, 2.24) is 0 Å². The first-order valence-electron chi connectivity index (χ1n) is 19.1. The maximum absolute atomic E-state index is 2.81. The molecule has 39 heavy (non-hydrogen) atoms. The molecule has 0 aromatic carbocycles. The zero-order chi connectivity index (χ0) is 26.1. The van der Waals surface area contributed by atoms with Crippen LogP contribution in [-0.4, -0.2) is 0 Å². The highest BCUT2D eigenvalue weighted by molar-refractivity contribution is 5.08. The van der Waals surface area contributed by atoms with Crippen molar-refractivity contribution >= 4 is 0 Å². The zero-order valence-electron chi connectivity index (χ0n) is 26.1. The van der Waals surface area contributed by atoms with Gasteiger partial charge < -0.3 is 0 Å². The van der Waals surface area contributed by atoms with E-state index in [-0.39, 0.29) is 0 Å². The average molecular weight is 533 g/mol. The Morgan fingerprint density at radius 2 is 0.744 bits per heavy atom. The third-order valence-corrected chi connectivity index (χ3v) is 16.7. The molecule has 8 saturated carbocycles. The molecule has 0 bridgehead atoms. The van der Waals surface area contributed by atoms with Gasteiger partial charge in [0.05, 0.1) is 0 Å². The van der Waals surface area contributed by atoms with Crippen LogP contribution >= 0.6 is 0 Å². The van der Waals surface area contributed by atoms with E-state index in [1.807, 2.05) is 0 Å². The van der Waals surface area contributed by atoms with Crippen LogP contribution in [0.4, 0.5) is 0 Å². The average Bonchev–Trinajstić information content (AvgIpc) is 3.22. The third kappa shape index (κ3) is 4.55. The zero-order valence-corrected chi connectivity index (χ0v) is 26.1. The minimum atomic E-state index is 0.614. The van der Waals surface area contributed by atoms with Crippen molar-refractivity contribution in [2.75, 3.05) is 0 Å². The summed E-state index contributed by atoms with van der Waals surface area (Å²) in [6.07, 6.45) is 35.2. The highest BCUT2D eigenvalue weighted by Gasteiger charge is 2.59. The number of rotatable bonds is 2. The smallest absolute Gasteiger partial charge is 0.0292 e. The van der Waals surface area contributed by atoms with Gasteiger partial charge in [-0.15, -0.1) is 0 Å². The molecular formula is C39H64. The fourth-order valence-corrected chi connectivity index (χ4v) is 15.0. The normalized spacial score (nSPS) is 54.9. The number of hydrogen-bond donors (Lipinski definition) is 0. The molecule has 0 saturated heterocycles. The van der Waals surface area contributed by atoms with Crippen LogP contribution in [0.15, 0.2) is 0 Å². The van der Waals surface area contributed by atoms with Gasteiger partial charge in [0.15, 0.2) is 0 Å². The van der Waals surface area contributed by atoms with Gasteiger partial charge in [-0.1, -0.05) is 71.6 Å². The second kappa shape index (κ2) is 10.6. The summed E-state index contributed by atoms with van der Waals surface area (Å²) in [4.78, 5) is 0. The first kappa shape index (κ1) is 26.6. The molecule has 8 fully saturated rings. The van der Waals surface area contributed by atoms with Gasteiger partial charge in [0.25, 0.3) is 0 Å². The van der Waals surface area contributed by atoms with Crippen molar-refractivity contribution in [3.63, 3.8) is 0 Å². The van der Waals surface area contributed by atoms with Crippen LogP contribution in [0, 0.1) is 88.3 Å². The first-order chi connectivity index (χ1) is 19.1. The number of fused-ring (bicyclic) bond motifs is 7. The Hall–Kier alpha value is 0. The van der Waals surface area contributed by atoms with E-state index in [0.717, 1.165) is 82.9 Å². The molecule has 8 rings (SSSR count). The minimum Gasteiger partial charge on any atom is -0.0594 e. The Morgan fingerprint density at radius 3 is 1.49 bits per heavy atom. The van der Waals surface area contributed by atoms with Crippen molar-refractivity contribution in [2.45, 2.75) is 155 Å². The predicted molar refractivity (Wildman–Crippen MR) is 164 cm³/mol. The summed E-state index contributed by atoms with van der Waals surface area (Å²) in [5.74, 6) is 15.5. The van der Waals surface area contributed by atoms with E-state index in [0.29, 0.717) is 5.41 Å². The molecule has 0 amide bonds. The lowest BCUT2D eigenvalue weighted by Crippen LogP contribution is -2.47. The quantitative estimate of drug-likeness (QED) is 0.332. The highest BCUT2D eigenvalue weighted by atomic mass is 14.6. The molecule has 220 valence electrons. The monoisotopic (exact) mass is 533 g/mol. The fourth-order valence-electron chi connectivity index (χ4n) is 15.0. The fraction of sp³-hybridized carbons (Fsp3) is 1.00. The molecular weight excluding hydrogens is 468 g/mol. The molecule has 14 unspecified atom stereocenters. The SMILES string of the molecule is CC1(C)C2CC(C3CCC4CCCCC4C3)CCC2C2CCC(C3CC4CCCCC4C4CCCCC34)CC21. The van der Waals surface area contributed by atoms with Crippen LogP contribution in [0.5, 0.6) is 0 Å². The molecule has 0 nitrogen and oxygen atoms in total. The van der Waals surface area contributed by atoms with Crippen molar-refractivity contribution in [3.8, 4) is 0 Å². The lowest BCUT2D eigenvalue weighted by atomic mass is 9.50. The van der Waals surface area contributed by atoms with E-state index >= 15 is 0 Å². The van der Waals surface area contributed by atoms with Gasteiger partial charge in [-0.2, -0.15) is 0 Å². The molecule has 8 aliphatic rings. The molecule has 0 N–H and O–H groups in total. The first-order valence-corrected chi connectivity index (χ1v) is 19.1. The maximum Gasteiger partial charge on any atom is -0.0292 e. The van der Waals surface area contributed by atoms with Crippen molar-refractivity contribution < 1.29 is 0 Å². The van der Waals surface area contributed by atoms with E-state index in [2.05, 4.69) is 13.8 Å². The summed E-state index contributed by atoms with van der Waals surface area (Å²) in [6, 6.07) is 0. The lowest BCUT2D eigenvalue weighted by Gasteiger charge is -2.55. The predicted octanol–water partition coefficient (Wildman–Crippen LogP) is 11.3. The van der Waals surface area contributed by atoms with Crippen LogP contribution in [0.3, 0.4) is 0 Å². The van der Waals surface area contributed by atoms with Crippen molar-refractivity contribution in [2.24, 2.45) is 88.3 Å². The van der Waals surface area contributed by atoms with Gasteiger partial charge in [0, 0.05) is 0 Å². The molecule has 8 aliphatic carbocycles. The molecule has 0 spiro atoms. The van der Waals surface area contributed by atoms with Crippen LogP contribution in [0.1, 0.15) is 155 Å². The van der Waals surface area contributed by atoms with Gasteiger partial charge in [-0.05, 0) is 172 Å². The van der Waals surface area contributed by atoms with Crippen LogP contribution in [0.2, 0.25) is 0 Å². The van der Waals surface area contributed by atoms with Crippen LogP contribution < -0.4 is 0 Å². The molecule has 0 radical (unpaired) electrons. The molecule has 0 aromatic heterocycles. The summed E-state index contributed by atoms with van der Waals surface area (Å²) in [6.45, 7) is 5.61. The summed E-state index contributed by atoms with van der Waals surface area (Å²) < 4.78 is 0. The molecule has 0 heteroatoms. The Kier molecular flexibility index (Phi) is 7.25. The van der Waals surface area contributed by atoms with Crippen LogP contribution in [0.25, 0.3) is 0 Å². The molecule has 0 heterocycles. The Bertz CT molecular complexity index is 854. The largest absolute Gasteiger partial charge is 0.0594 e. The third-order valence-electron chi connectivity index (χ3n) is 16.7. The van der Waals surface area contributed by atoms with E-state index in [1.165, 1.54) is 0 Å². The Balaban J connectivity index is 0.968. The summed E-state index contributed by atoms with van der Waals surface area (Å²) >= 11 is 0. The van der Waals surface area contributed by atoms with Gasteiger partial charge in [-0.25, -0.2) is 0 Å². The van der Waals surface area contributed by atoms with Crippen molar-refractivity contribution in [3.05, 3.63) is 0 Å². The number of hydrogen-bond acceptors (Lipinski definition) is 0. The van der Waals surface area contributed by atoms with Gasteiger partial charge in [-0.3, -0.25) is 0 Å².